The van der Waals surface area contributed by atoms with Crippen molar-refractivity contribution in [2.75, 3.05) is 24.1 Å². The van der Waals surface area contributed by atoms with Gasteiger partial charge in [0.1, 0.15) is 0 Å². The molecule has 2 aromatic carbocycles. The molecule has 1 saturated heterocycles. The summed E-state index contributed by atoms with van der Waals surface area (Å²) in [7, 11) is 0. The molecule has 1 aliphatic heterocycles. The maximum atomic E-state index is 12.8. The smallest absolute Gasteiger partial charge is 0.255 e. The Bertz CT molecular complexity index is 799. The van der Waals surface area contributed by atoms with E-state index >= 15 is 0 Å². The van der Waals surface area contributed by atoms with Crippen molar-refractivity contribution in [1.29, 1.82) is 0 Å². The molecule has 5 nitrogen and oxygen atoms in total. The first-order valence-corrected chi connectivity index (χ1v) is 9.14. The lowest BCUT2D eigenvalue weighted by Crippen LogP contribution is -2.36. The lowest BCUT2D eigenvalue weighted by atomic mass is 10.1. The minimum Gasteiger partial charge on any atom is -0.399 e. The Balaban J connectivity index is 1.75. The second kappa shape index (κ2) is 8.23. The summed E-state index contributed by atoms with van der Waals surface area (Å²) in [4.78, 5) is 27.1. The standard InChI is InChI=1S/C20H22ClN3O2/c21-15-6-9-17(20(26)24-10-2-1-3-11-24)18(13-15)23-19(25)12-14-4-7-16(22)8-5-14/h4-9,13H,1-3,10-12,22H2,(H,23,25). The van der Waals surface area contributed by atoms with Crippen molar-refractivity contribution in [2.45, 2.75) is 25.7 Å². The van der Waals surface area contributed by atoms with E-state index in [4.69, 9.17) is 17.3 Å². The first-order chi connectivity index (χ1) is 12.5. The number of likely N-dealkylation sites (tertiary alicyclic amines) is 1. The number of carbonyl (C=O) groups is 2. The van der Waals surface area contributed by atoms with E-state index in [1.54, 1.807) is 30.3 Å². The number of hydrogen-bond donors (Lipinski definition) is 2. The van der Waals surface area contributed by atoms with Gasteiger partial charge in [-0.05, 0) is 55.2 Å². The van der Waals surface area contributed by atoms with Crippen LogP contribution in [-0.4, -0.2) is 29.8 Å². The SMILES string of the molecule is Nc1ccc(CC(=O)Nc2cc(Cl)ccc2C(=O)N2CCCCC2)cc1. The molecule has 0 radical (unpaired) electrons. The lowest BCUT2D eigenvalue weighted by molar-refractivity contribution is -0.115. The van der Waals surface area contributed by atoms with Gasteiger partial charge in [-0.3, -0.25) is 9.59 Å². The third-order valence-electron chi connectivity index (χ3n) is 4.47. The fourth-order valence-electron chi connectivity index (χ4n) is 3.09. The molecule has 0 spiro atoms. The summed E-state index contributed by atoms with van der Waals surface area (Å²) in [5.41, 5.74) is 8.09. The van der Waals surface area contributed by atoms with Crippen LogP contribution in [0.2, 0.25) is 5.02 Å². The highest BCUT2D eigenvalue weighted by atomic mass is 35.5. The quantitative estimate of drug-likeness (QED) is 0.804. The molecule has 0 unspecified atom stereocenters. The predicted octanol–water partition coefficient (Wildman–Crippen LogP) is 3.73. The molecule has 3 N–H and O–H groups in total. The van der Waals surface area contributed by atoms with Crippen LogP contribution in [0.4, 0.5) is 11.4 Å². The van der Waals surface area contributed by atoms with Crippen molar-refractivity contribution in [2.24, 2.45) is 0 Å². The number of amides is 2. The van der Waals surface area contributed by atoms with E-state index in [9.17, 15) is 9.59 Å². The Hall–Kier alpha value is -2.53. The van der Waals surface area contributed by atoms with Crippen molar-refractivity contribution in [3.05, 3.63) is 58.6 Å². The fourth-order valence-corrected chi connectivity index (χ4v) is 3.26. The number of nitrogens with one attached hydrogen (secondary N) is 1. The molecule has 2 amide bonds. The Labute approximate surface area is 158 Å². The van der Waals surface area contributed by atoms with Crippen LogP contribution in [0.15, 0.2) is 42.5 Å². The average molecular weight is 372 g/mol. The van der Waals surface area contributed by atoms with Crippen molar-refractivity contribution in [3.8, 4) is 0 Å². The second-order valence-electron chi connectivity index (χ2n) is 6.51. The van der Waals surface area contributed by atoms with Crippen molar-refractivity contribution < 1.29 is 9.59 Å². The number of nitrogen functional groups attached to an aromatic ring is 1. The van der Waals surface area contributed by atoms with E-state index in [-0.39, 0.29) is 18.2 Å². The summed E-state index contributed by atoms with van der Waals surface area (Å²) in [6.45, 7) is 1.50. The molecular formula is C20H22ClN3O2. The van der Waals surface area contributed by atoms with E-state index < -0.39 is 0 Å². The molecule has 0 aliphatic carbocycles. The maximum absolute atomic E-state index is 12.8. The highest BCUT2D eigenvalue weighted by Gasteiger charge is 2.21. The van der Waals surface area contributed by atoms with Crippen LogP contribution < -0.4 is 11.1 Å². The molecule has 26 heavy (non-hydrogen) atoms. The van der Waals surface area contributed by atoms with Crippen LogP contribution in [0, 0.1) is 0 Å². The van der Waals surface area contributed by atoms with Gasteiger partial charge in [-0.25, -0.2) is 0 Å². The zero-order valence-electron chi connectivity index (χ0n) is 14.5. The summed E-state index contributed by atoms with van der Waals surface area (Å²) >= 11 is 6.08. The minimum atomic E-state index is -0.204. The van der Waals surface area contributed by atoms with Gasteiger partial charge in [0.05, 0.1) is 17.7 Å². The number of nitrogens with zero attached hydrogens (tertiary/aromatic N) is 1. The number of benzene rings is 2. The maximum Gasteiger partial charge on any atom is 0.255 e. The topological polar surface area (TPSA) is 75.4 Å². The van der Waals surface area contributed by atoms with Gasteiger partial charge in [-0.15, -0.1) is 0 Å². The van der Waals surface area contributed by atoms with E-state index in [1.807, 2.05) is 17.0 Å². The normalized spacial score (nSPS) is 14.1. The number of hydrogen-bond acceptors (Lipinski definition) is 3. The highest BCUT2D eigenvalue weighted by Crippen LogP contribution is 2.24. The molecule has 6 heteroatoms. The molecular weight excluding hydrogens is 350 g/mol. The summed E-state index contributed by atoms with van der Waals surface area (Å²) in [5.74, 6) is -0.270. The first kappa shape index (κ1) is 18.3. The van der Waals surface area contributed by atoms with Crippen LogP contribution in [0.3, 0.4) is 0 Å². The number of anilines is 2. The molecule has 0 saturated carbocycles. The van der Waals surface area contributed by atoms with E-state index in [0.717, 1.165) is 37.9 Å². The van der Waals surface area contributed by atoms with Gasteiger partial charge in [0, 0.05) is 23.8 Å². The second-order valence-corrected chi connectivity index (χ2v) is 6.95. The third kappa shape index (κ3) is 4.55. The van der Waals surface area contributed by atoms with E-state index in [2.05, 4.69) is 5.32 Å². The number of piperidine rings is 1. The Morgan fingerprint density at radius 2 is 1.73 bits per heavy atom. The Morgan fingerprint density at radius 3 is 2.42 bits per heavy atom. The van der Waals surface area contributed by atoms with Gasteiger partial charge < -0.3 is 16.0 Å². The summed E-state index contributed by atoms with van der Waals surface area (Å²) < 4.78 is 0. The van der Waals surface area contributed by atoms with Gasteiger partial charge in [-0.1, -0.05) is 23.7 Å². The Kier molecular flexibility index (Phi) is 5.78. The molecule has 3 rings (SSSR count). The van der Waals surface area contributed by atoms with Crippen LogP contribution in [0.25, 0.3) is 0 Å². The molecule has 0 bridgehead atoms. The van der Waals surface area contributed by atoms with Crippen molar-refractivity contribution >= 4 is 34.8 Å². The number of carbonyl (C=O) groups excluding carboxylic acids is 2. The van der Waals surface area contributed by atoms with Gasteiger partial charge in [0.15, 0.2) is 0 Å². The third-order valence-corrected chi connectivity index (χ3v) is 4.71. The van der Waals surface area contributed by atoms with Crippen LogP contribution in [-0.2, 0) is 11.2 Å². The van der Waals surface area contributed by atoms with E-state index in [1.165, 1.54) is 0 Å². The first-order valence-electron chi connectivity index (χ1n) is 8.76. The number of nitrogens with two attached hydrogens (primary N) is 1. The summed E-state index contributed by atoms with van der Waals surface area (Å²) in [6, 6.07) is 12.1. The molecule has 1 heterocycles. The van der Waals surface area contributed by atoms with Crippen LogP contribution in [0.5, 0.6) is 0 Å². The largest absolute Gasteiger partial charge is 0.399 e. The van der Waals surface area contributed by atoms with Gasteiger partial charge in [-0.2, -0.15) is 0 Å². The monoisotopic (exact) mass is 371 g/mol. The molecule has 0 aromatic heterocycles. The number of halogens is 1. The van der Waals surface area contributed by atoms with Crippen LogP contribution in [0.1, 0.15) is 35.2 Å². The molecule has 0 atom stereocenters. The van der Waals surface area contributed by atoms with Crippen molar-refractivity contribution in [1.82, 2.24) is 4.90 Å². The lowest BCUT2D eigenvalue weighted by Gasteiger charge is -2.27. The minimum absolute atomic E-state index is 0.0656. The molecule has 2 aromatic rings. The summed E-state index contributed by atoms with van der Waals surface area (Å²) in [6.07, 6.45) is 3.37. The van der Waals surface area contributed by atoms with Gasteiger partial charge in [0.25, 0.3) is 5.91 Å². The average Bonchev–Trinajstić information content (AvgIpc) is 2.64. The van der Waals surface area contributed by atoms with Gasteiger partial charge >= 0.3 is 0 Å². The fraction of sp³-hybridized carbons (Fsp3) is 0.300. The predicted molar refractivity (Wildman–Crippen MR) is 104 cm³/mol. The van der Waals surface area contributed by atoms with Crippen molar-refractivity contribution in [3.63, 3.8) is 0 Å². The zero-order valence-corrected chi connectivity index (χ0v) is 15.3. The highest BCUT2D eigenvalue weighted by molar-refractivity contribution is 6.31. The molecule has 136 valence electrons. The molecule has 1 aliphatic rings. The zero-order chi connectivity index (χ0) is 18.5. The molecule has 1 fully saturated rings. The van der Waals surface area contributed by atoms with Crippen LogP contribution >= 0.6 is 11.6 Å². The van der Waals surface area contributed by atoms with Gasteiger partial charge in [0.2, 0.25) is 5.91 Å². The Morgan fingerprint density at radius 1 is 1.04 bits per heavy atom. The number of rotatable bonds is 4. The summed E-state index contributed by atoms with van der Waals surface area (Å²) in [5, 5.41) is 3.31. The van der Waals surface area contributed by atoms with E-state index in [0.29, 0.717) is 22.0 Å².